The average Bonchev–Trinajstić information content (AvgIpc) is 3.07. The number of rotatable bonds is 3. The molecule has 0 N–H and O–H groups in total. The Morgan fingerprint density at radius 2 is 1.60 bits per heavy atom. The summed E-state index contributed by atoms with van der Waals surface area (Å²) in [6, 6.07) is 22.6. The number of para-hydroxylation sites is 1. The van der Waals surface area contributed by atoms with E-state index in [1.807, 2.05) is 42.6 Å². The van der Waals surface area contributed by atoms with Crippen LogP contribution in [0.1, 0.15) is 15.9 Å². The SMILES string of the molecule is O=C(c1ccc(-n2ccc3ccccc32)cc1)c1cc(Cl)ccc1Cl. The first-order valence-electron chi connectivity index (χ1n) is 7.80. The van der Waals surface area contributed by atoms with Gasteiger partial charge in [-0.15, -0.1) is 0 Å². The molecule has 0 spiro atoms. The number of nitrogens with zero attached hydrogens (tertiary/aromatic N) is 1. The largest absolute Gasteiger partial charge is 0.317 e. The van der Waals surface area contributed by atoms with Crippen LogP contribution in [-0.2, 0) is 0 Å². The van der Waals surface area contributed by atoms with Crippen molar-refractivity contribution in [2.75, 3.05) is 0 Å². The minimum absolute atomic E-state index is 0.142. The van der Waals surface area contributed by atoms with Gasteiger partial charge < -0.3 is 4.57 Å². The van der Waals surface area contributed by atoms with Gasteiger partial charge in [0, 0.05) is 28.0 Å². The van der Waals surface area contributed by atoms with Gasteiger partial charge in [0.1, 0.15) is 0 Å². The number of hydrogen-bond donors (Lipinski definition) is 0. The lowest BCUT2D eigenvalue weighted by Gasteiger charge is -2.08. The Balaban J connectivity index is 1.70. The van der Waals surface area contributed by atoms with Gasteiger partial charge in [-0.2, -0.15) is 0 Å². The van der Waals surface area contributed by atoms with E-state index in [0.717, 1.165) is 11.2 Å². The van der Waals surface area contributed by atoms with E-state index in [4.69, 9.17) is 23.2 Å². The van der Waals surface area contributed by atoms with E-state index < -0.39 is 0 Å². The van der Waals surface area contributed by atoms with Crippen molar-refractivity contribution in [3.63, 3.8) is 0 Å². The van der Waals surface area contributed by atoms with E-state index in [-0.39, 0.29) is 5.78 Å². The molecular weight excluding hydrogens is 353 g/mol. The molecule has 4 aromatic rings. The third-order valence-corrected chi connectivity index (χ3v) is 4.74. The summed E-state index contributed by atoms with van der Waals surface area (Å²) < 4.78 is 2.09. The topological polar surface area (TPSA) is 22.0 Å². The Bertz CT molecular complexity index is 1080. The van der Waals surface area contributed by atoms with Crippen LogP contribution in [0.2, 0.25) is 10.0 Å². The zero-order valence-electron chi connectivity index (χ0n) is 13.1. The van der Waals surface area contributed by atoms with Crippen molar-refractivity contribution in [3.8, 4) is 5.69 Å². The zero-order chi connectivity index (χ0) is 17.4. The molecule has 4 heteroatoms. The predicted molar refractivity (Wildman–Crippen MR) is 103 cm³/mol. The fraction of sp³-hybridized carbons (Fsp3) is 0. The molecule has 0 amide bonds. The first-order chi connectivity index (χ1) is 12.1. The lowest BCUT2D eigenvalue weighted by atomic mass is 10.0. The number of ketones is 1. The molecule has 1 heterocycles. The van der Waals surface area contributed by atoms with Gasteiger partial charge in [0.25, 0.3) is 0 Å². The predicted octanol–water partition coefficient (Wildman–Crippen LogP) is 6.17. The van der Waals surface area contributed by atoms with Crippen LogP contribution in [-0.4, -0.2) is 10.4 Å². The lowest BCUT2D eigenvalue weighted by Crippen LogP contribution is -2.03. The third-order valence-electron chi connectivity index (χ3n) is 4.18. The van der Waals surface area contributed by atoms with Gasteiger partial charge >= 0.3 is 0 Å². The van der Waals surface area contributed by atoms with Crippen molar-refractivity contribution in [3.05, 3.63) is 100 Å². The summed E-state index contributed by atoms with van der Waals surface area (Å²) in [5, 5.41) is 2.06. The molecule has 0 saturated carbocycles. The second-order valence-electron chi connectivity index (χ2n) is 5.74. The highest BCUT2D eigenvalue weighted by atomic mass is 35.5. The number of carbonyl (C=O) groups excluding carboxylic acids is 1. The molecule has 3 aromatic carbocycles. The van der Waals surface area contributed by atoms with Crippen molar-refractivity contribution < 1.29 is 4.79 Å². The Hall–Kier alpha value is -2.55. The summed E-state index contributed by atoms with van der Waals surface area (Å²) in [6.45, 7) is 0. The summed E-state index contributed by atoms with van der Waals surface area (Å²) >= 11 is 12.1. The fourth-order valence-electron chi connectivity index (χ4n) is 2.91. The van der Waals surface area contributed by atoms with Crippen LogP contribution in [0.15, 0.2) is 79.0 Å². The van der Waals surface area contributed by atoms with Gasteiger partial charge in [0.15, 0.2) is 5.78 Å². The maximum atomic E-state index is 12.7. The molecule has 0 atom stereocenters. The molecule has 0 aliphatic rings. The molecule has 0 bridgehead atoms. The summed E-state index contributed by atoms with van der Waals surface area (Å²) in [5.74, 6) is -0.142. The summed E-state index contributed by atoms with van der Waals surface area (Å²) in [6.07, 6.45) is 2.02. The standard InChI is InChI=1S/C21H13Cl2NO/c22-16-7-10-19(23)18(13-16)21(25)15-5-8-17(9-6-15)24-12-11-14-3-1-2-4-20(14)24/h1-13H. The maximum Gasteiger partial charge on any atom is 0.194 e. The van der Waals surface area contributed by atoms with E-state index in [1.54, 1.807) is 18.2 Å². The Labute approximate surface area is 155 Å². The molecule has 0 aliphatic carbocycles. The molecule has 0 unspecified atom stereocenters. The molecule has 0 aliphatic heterocycles. The van der Waals surface area contributed by atoms with Crippen molar-refractivity contribution in [2.24, 2.45) is 0 Å². The maximum absolute atomic E-state index is 12.7. The van der Waals surface area contributed by atoms with Crippen molar-refractivity contribution >= 4 is 39.9 Å². The Morgan fingerprint density at radius 1 is 0.840 bits per heavy atom. The number of halogens is 2. The minimum Gasteiger partial charge on any atom is -0.317 e. The number of fused-ring (bicyclic) bond motifs is 1. The number of benzene rings is 3. The van der Waals surface area contributed by atoms with Crippen LogP contribution in [0.4, 0.5) is 0 Å². The van der Waals surface area contributed by atoms with E-state index in [2.05, 4.69) is 22.8 Å². The molecule has 122 valence electrons. The molecule has 25 heavy (non-hydrogen) atoms. The van der Waals surface area contributed by atoms with E-state index in [9.17, 15) is 4.79 Å². The van der Waals surface area contributed by atoms with Crippen LogP contribution in [0.3, 0.4) is 0 Å². The van der Waals surface area contributed by atoms with E-state index >= 15 is 0 Å². The normalized spacial score (nSPS) is 11.0. The second kappa shape index (κ2) is 6.40. The number of carbonyl (C=O) groups is 1. The van der Waals surface area contributed by atoms with Gasteiger partial charge in [-0.05, 0) is 60.0 Å². The van der Waals surface area contributed by atoms with Crippen LogP contribution in [0.25, 0.3) is 16.6 Å². The van der Waals surface area contributed by atoms with Crippen molar-refractivity contribution in [1.29, 1.82) is 0 Å². The molecule has 2 nitrogen and oxygen atoms in total. The van der Waals surface area contributed by atoms with Crippen LogP contribution < -0.4 is 0 Å². The second-order valence-corrected chi connectivity index (χ2v) is 6.59. The molecule has 4 rings (SSSR count). The van der Waals surface area contributed by atoms with Gasteiger partial charge in [-0.25, -0.2) is 0 Å². The van der Waals surface area contributed by atoms with E-state index in [1.165, 1.54) is 5.39 Å². The minimum atomic E-state index is -0.142. The third kappa shape index (κ3) is 2.95. The molecular formula is C21H13Cl2NO. The fourth-order valence-corrected chi connectivity index (χ4v) is 3.28. The van der Waals surface area contributed by atoms with Crippen molar-refractivity contribution in [1.82, 2.24) is 4.57 Å². The van der Waals surface area contributed by atoms with Gasteiger partial charge in [-0.1, -0.05) is 41.4 Å². The average molecular weight is 366 g/mol. The zero-order valence-corrected chi connectivity index (χ0v) is 14.6. The van der Waals surface area contributed by atoms with E-state index in [0.29, 0.717) is 21.2 Å². The first-order valence-corrected chi connectivity index (χ1v) is 8.55. The Morgan fingerprint density at radius 3 is 2.40 bits per heavy atom. The van der Waals surface area contributed by atoms with Gasteiger partial charge in [0.05, 0.1) is 10.5 Å². The van der Waals surface area contributed by atoms with Crippen LogP contribution >= 0.6 is 23.2 Å². The molecule has 1 aromatic heterocycles. The smallest absolute Gasteiger partial charge is 0.194 e. The van der Waals surface area contributed by atoms with Crippen LogP contribution in [0.5, 0.6) is 0 Å². The quantitative estimate of drug-likeness (QED) is 0.398. The summed E-state index contributed by atoms with van der Waals surface area (Å²) in [7, 11) is 0. The molecule has 0 saturated heterocycles. The number of aromatic nitrogens is 1. The van der Waals surface area contributed by atoms with Gasteiger partial charge in [0.2, 0.25) is 0 Å². The summed E-state index contributed by atoms with van der Waals surface area (Å²) in [5.41, 5.74) is 3.10. The monoisotopic (exact) mass is 365 g/mol. The summed E-state index contributed by atoms with van der Waals surface area (Å²) in [4.78, 5) is 12.7. The lowest BCUT2D eigenvalue weighted by molar-refractivity contribution is 0.103. The van der Waals surface area contributed by atoms with Gasteiger partial charge in [-0.3, -0.25) is 4.79 Å². The van der Waals surface area contributed by atoms with Crippen LogP contribution in [0, 0.1) is 0 Å². The number of hydrogen-bond acceptors (Lipinski definition) is 1. The molecule has 0 fully saturated rings. The highest BCUT2D eigenvalue weighted by Crippen LogP contribution is 2.25. The Kier molecular flexibility index (Phi) is 4.08. The molecule has 0 radical (unpaired) electrons. The first kappa shape index (κ1) is 15.9. The van der Waals surface area contributed by atoms with Crippen molar-refractivity contribution in [2.45, 2.75) is 0 Å². The highest BCUT2D eigenvalue weighted by Gasteiger charge is 2.14. The highest BCUT2D eigenvalue weighted by molar-refractivity contribution is 6.36.